The van der Waals surface area contributed by atoms with E-state index in [1.165, 1.54) is 0 Å². The molecule has 2 unspecified atom stereocenters. The summed E-state index contributed by atoms with van der Waals surface area (Å²) < 4.78 is 38.8. The van der Waals surface area contributed by atoms with Crippen LogP contribution in [0.1, 0.15) is 42.4 Å². The molecule has 0 aromatic heterocycles. The molecule has 0 bridgehead atoms. The molecule has 1 amide bonds. The summed E-state index contributed by atoms with van der Waals surface area (Å²) in [5.41, 5.74) is 4.49. The van der Waals surface area contributed by atoms with E-state index >= 15 is 0 Å². The van der Waals surface area contributed by atoms with Gasteiger partial charge in [-0.2, -0.15) is 0 Å². The number of methoxy groups -OCH3 is 1. The first-order chi connectivity index (χ1) is 19.7. The Morgan fingerprint density at radius 2 is 1.66 bits per heavy atom. The zero-order valence-corrected chi connectivity index (χ0v) is 24.2. The van der Waals surface area contributed by atoms with Crippen molar-refractivity contribution < 1.29 is 27.5 Å². The highest BCUT2D eigenvalue weighted by atomic mass is 32.2. The molecule has 0 radical (unpaired) electrons. The molecule has 2 atom stereocenters. The number of carbonyl (C=O) groups is 2. The number of ether oxygens (including phenoxy) is 2. The van der Waals surface area contributed by atoms with Crippen LogP contribution in [0.15, 0.2) is 107 Å². The number of benzene rings is 3. The van der Waals surface area contributed by atoms with Gasteiger partial charge in [0.05, 0.1) is 25.2 Å². The second kappa shape index (κ2) is 11.7. The zero-order chi connectivity index (χ0) is 29.1. The lowest BCUT2D eigenvalue weighted by molar-refractivity contribution is -0.138. The van der Waals surface area contributed by atoms with Crippen molar-refractivity contribution in [1.82, 2.24) is 4.90 Å². The van der Waals surface area contributed by atoms with Gasteiger partial charge in [0.2, 0.25) is 5.91 Å². The van der Waals surface area contributed by atoms with Gasteiger partial charge in [-0.1, -0.05) is 66.2 Å². The molecule has 0 spiro atoms. The first kappa shape index (κ1) is 28.4. The average Bonchev–Trinajstić information content (AvgIpc) is 2.98. The van der Waals surface area contributed by atoms with Gasteiger partial charge in [0.1, 0.15) is 11.0 Å². The van der Waals surface area contributed by atoms with Gasteiger partial charge < -0.3 is 14.4 Å². The molecular formula is C33H33NO6S. The summed E-state index contributed by atoms with van der Waals surface area (Å²) in [6.45, 7) is 4.06. The summed E-state index contributed by atoms with van der Waals surface area (Å²) in [6.07, 6.45) is 2.10. The molecule has 41 heavy (non-hydrogen) atoms. The highest BCUT2D eigenvalue weighted by molar-refractivity contribution is 7.92. The normalized spacial score (nSPS) is 19.0. The fourth-order valence-corrected chi connectivity index (χ4v) is 7.23. The number of esters is 1. The van der Waals surface area contributed by atoms with Crippen molar-refractivity contribution in [2.45, 2.75) is 49.3 Å². The monoisotopic (exact) mass is 571 g/mol. The van der Waals surface area contributed by atoms with Crippen LogP contribution in [0, 0.1) is 6.92 Å². The number of rotatable bonds is 8. The molecule has 0 fully saturated rings. The van der Waals surface area contributed by atoms with Crippen LogP contribution in [0.2, 0.25) is 0 Å². The van der Waals surface area contributed by atoms with E-state index in [1.807, 2.05) is 67.6 Å². The molecule has 2 aliphatic rings. The predicted octanol–water partition coefficient (Wildman–Crippen LogP) is 5.51. The number of carbonyl (C=O) groups excluding carboxylic acids is 2. The van der Waals surface area contributed by atoms with E-state index in [0.717, 1.165) is 28.0 Å². The minimum Gasteiger partial charge on any atom is -0.497 e. The number of nitrogens with zero attached hydrogens (tertiary/aromatic N) is 1. The Morgan fingerprint density at radius 3 is 2.29 bits per heavy atom. The number of allylic oxidation sites excluding steroid dienone is 2. The van der Waals surface area contributed by atoms with Gasteiger partial charge in [0.25, 0.3) is 0 Å². The molecule has 1 heterocycles. The van der Waals surface area contributed by atoms with Crippen LogP contribution in [0.4, 0.5) is 0 Å². The van der Waals surface area contributed by atoms with Crippen LogP contribution in [-0.2, 0) is 30.7 Å². The number of hydrogen-bond donors (Lipinski definition) is 0. The molecule has 1 aliphatic carbocycles. The minimum absolute atomic E-state index is 0.0247. The quantitative estimate of drug-likeness (QED) is 0.331. The van der Waals surface area contributed by atoms with Crippen LogP contribution in [-0.4, -0.2) is 44.2 Å². The van der Waals surface area contributed by atoms with E-state index in [1.54, 1.807) is 43.2 Å². The third kappa shape index (κ3) is 5.57. The van der Waals surface area contributed by atoms with Crippen LogP contribution < -0.4 is 4.74 Å². The molecule has 5 rings (SSSR count). The van der Waals surface area contributed by atoms with E-state index in [4.69, 9.17) is 9.47 Å². The Morgan fingerprint density at radius 1 is 0.976 bits per heavy atom. The summed E-state index contributed by atoms with van der Waals surface area (Å²) in [5.74, 6) is -0.838. The van der Waals surface area contributed by atoms with Crippen molar-refractivity contribution in [3.8, 4) is 5.75 Å². The Bertz CT molecular complexity index is 1610. The van der Waals surface area contributed by atoms with Crippen molar-refractivity contribution in [1.29, 1.82) is 0 Å². The van der Waals surface area contributed by atoms with E-state index in [2.05, 4.69) is 0 Å². The third-order valence-corrected chi connectivity index (χ3v) is 9.73. The minimum atomic E-state index is -4.05. The second-order valence-corrected chi connectivity index (χ2v) is 12.4. The maximum atomic E-state index is 14.1. The highest BCUT2D eigenvalue weighted by Crippen LogP contribution is 2.46. The number of hydrogen-bond acceptors (Lipinski definition) is 6. The van der Waals surface area contributed by atoms with Gasteiger partial charge in [-0.15, -0.1) is 0 Å². The number of sulfone groups is 1. The van der Waals surface area contributed by atoms with Crippen LogP contribution in [0.3, 0.4) is 0 Å². The molecule has 3 aromatic carbocycles. The lowest BCUT2D eigenvalue weighted by Crippen LogP contribution is -2.47. The Labute approximate surface area is 241 Å². The maximum Gasteiger partial charge on any atom is 0.334 e. The first-order valence-electron chi connectivity index (χ1n) is 13.6. The van der Waals surface area contributed by atoms with Gasteiger partial charge in [0, 0.05) is 23.6 Å². The molecule has 0 saturated heterocycles. The predicted molar refractivity (Wildman–Crippen MR) is 156 cm³/mol. The van der Waals surface area contributed by atoms with Crippen molar-refractivity contribution in [3.05, 3.63) is 118 Å². The topological polar surface area (TPSA) is 90.0 Å². The van der Waals surface area contributed by atoms with E-state index in [0.29, 0.717) is 17.7 Å². The molecule has 0 saturated carbocycles. The smallest absolute Gasteiger partial charge is 0.334 e. The summed E-state index contributed by atoms with van der Waals surface area (Å²) in [7, 11) is -2.47. The molecule has 0 N–H and O–H groups in total. The summed E-state index contributed by atoms with van der Waals surface area (Å²) in [5, 5.41) is -1.34. The number of amides is 1. The van der Waals surface area contributed by atoms with Gasteiger partial charge in [-0.05, 0) is 61.2 Å². The molecular weight excluding hydrogens is 538 g/mol. The fraction of sp³-hybridized carbons (Fsp3) is 0.273. The van der Waals surface area contributed by atoms with Gasteiger partial charge >= 0.3 is 5.97 Å². The van der Waals surface area contributed by atoms with Crippen LogP contribution in [0.25, 0.3) is 0 Å². The summed E-state index contributed by atoms with van der Waals surface area (Å²) >= 11 is 0. The van der Waals surface area contributed by atoms with Gasteiger partial charge in [-0.3, -0.25) is 4.79 Å². The van der Waals surface area contributed by atoms with E-state index in [-0.39, 0.29) is 24.5 Å². The third-order valence-electron chi connectivity index (χ3n) is 7.69. The fourth-order valence-electron chi connectivity index (χ4n) is 5.59. The van der Waals surface area contributed by atoms with Gasteiger partial charge in [0.15, 0.2) is 9.84 Å². The van der Waals surface area contributed by atoms with Crippen molar-refractivity contribution >= 4 is 21.7 Å². The molecule has 8 heteroatoms. The first-order valence-corrected chi connectivity index (χ1v) is 15.2. The second-order valence-electron chi connectivity index (χ2n) is 10.2. The molecule has 3 aromatic rings. The molecule has 7 nitrogen and oxygen atoms in total. The van der Waals surface area contributed by atoms with Crippen molar-refractivity contribution in [2.24, 2.45) is 0 Å². The standard InChI is InChI=1S/C33H33NO6S/c1-4-40-33(36)27-18-19-29-28(31(27)24-12-14-25(39-3)15-13-24)20-30(41(37,38)26-16-10-22(2)11-17-26)32(35)34(29)21-23-8-6-5-7-9-23/h5-18,30-31H,4,19-21H2,1-3H3. The van der Waals surface area contributed by atoms with Gasteiger partial charge in [-0.25, -0.2) is 13.2 Å². The van der Waals surface area contributed by atoms with Crippen molar-refractivity contribution in [3.63, 3.8) is 0 Å². The Balaban J connectivity index is 1.67. The Kier molecular flexibility index (Phi) is 8.13. The lowest BCUT2D eigenvalue weighted by Gasteiger charge is -2.41. The summed E-state index contributed by atoms with van der Waals surface area (Å²) in [6, 6.07) is 23.4. The molecule has 1 aliphatic heterocycles. The highest BCUT2D eigenvalue weighted by Gasteiger charge is 2.46. The largest absolute Gasteiger partial charge is 0.497 e. The SMILES string of the molecule is CCOC(=O)C1=CCC2=C(CC(S(=O)(=O)c3ccc(C)cc3)C(=O)N2Cc2ccccc2)C1c1ccc(OC)cc1. The van der Waals surface area contributed by atoms with E-state index in [9.17, 15) is 18.0 Å². The van der Waals surface area contributed by atoms with Crippen LogP contribution in [0.5, 0.6) is 5.75 Å². The molecule has 212 valence electrons. The zero-order valence-electron chi connectivity index (χ0n) is 23.4. The number of aryl methyl sites for hydroxylation is 1. The maximum absolute atomic E-state index is 14.1. The lowest BCUT2D eigenvalue weighted by atomic mass is 9.75. The van der Waals surface area contributed by atoms with Crippen LogP contribution >= 0.6 is 0 Å². The van der Waals surface area contributed by atoms with Crippen molar-refractivity contribution in [2.75, 3.05) is 13.7 Å². The Hall–Kier alpha value is -4.17. The van der Waals surface area contributed by atoms with E-state index < -0.39 is 32.9 Å². The average molecular weight is 572 g/mol. The summed E-state index contributed by atoms with van der Waals surface area (Å²) in [4.78, 5) is 29.0.